The van der Waals surface area contributed by atoms with Crippen LogP contribution in [0.15, 0.2) is 84.9 Å². The molecule has 166 valence electrons. The van der Waals surface area contributed by atoms with E-state index in [0.717, 1.165) is 33.7 Å². The summed E-state index contributed by atoms with van der Waals surface area (Å²) in [7, 11) is 0. The molecule has 5 rings (SSSR count). The largest absolute Gasteiger partial charge is 0.489 e. The van der Waals surface area contributed by atoms with Crippen LogP contribution in [-0.4, -0.2) is 27.5 Å². The monoisotopic (exact) mass is 437 g/mol. The molecular weight excluding hydrogens is 410 g/mol. The molecule has 2 heterocycles. The number of rotatable bonds is 7. The van der Waals surface area contributed by atoms with Crippen molar-refractivity contribution >= 4 is 5.91 Å². The third-order valence-corrected chi connectivity index (χ3v) is 5.92. The first-order valence-electron chi connectivity index (χ1n) is 11.3. The van der Waals surface area contributed by atoms with Crippen molar-refractivity contribution in [1.29, 1.82) is 0 Å². The number of carbonyl (C=O) groups excluding carboxylic acids is 1. The summed E-state index contributed by atoms with van der Waals surface area (Å²) in [6, 6.07) is 28.0. The normalized spacial score (nSPS) is 15.2. The minimum Gasteiger partial charge on any atom is -0.489 e. The molecule has 1 amide bonds. The second-order valence-electron chi connectivity index (χ2n) is 8.82. The number of nitrogens with zero attached hydrogens (tertiary/aromatic N) is 2. The molecule has 1 aliphatic rings. The lowest BCUT2D eigenvalue weighted by molar-refractivity contribution is 0.0722. The van der Waals surface area contributed by atoms with E-state index in [1.165, 1.54) is 0 Å². The Morgan fingerprint density at radius 2 is 1.61 bits per heavy atom. The Morgan fingerprint density at radius 3 is 2.27 bits per heavy atom. The first kappa shape index (κ1) is 21.0. The molecule has 1 atom stereocenters. The van der Waals surface area contributed by atoms with Crippen molar-refractivity contribution in [2.24, 2.45) is 5.92 Å². The molecule has 1 aliphatic heterocycles. The molecule has 0 fully saturated rings. The molecule has 5 heteroatoms. The second kappa shape index (κ2) is 8.94. The van der Waals surface area contributed by atoms with Gasteiger partial charge in [-0.3, -0.25) is 9.89 Å². The van der Waals surface area contributed by atoms with Crippen LogP contribution in [0.5, 0.6) is 5.75 Å². The smallest absolute Gasteiger partial charge is 0.273 e. The molecular formula is C28H27N3O2. The number of benzene rings is 3. The summed E-state index contributed by atoms with van der Waals surface area (Å²) < 4.78 is 5.97. The van der Waals surface area contributed by atoms with Crippen LogP contribution < -0.4 is 4.74 Å². The van der Waals surface area contributed by atoms with Crippen LogP contribution in [0, 0.1) is 5.92 Å². The van der Waals surface area contributed by atoms with E-state index in [4.69, 9.17) is 4.74 Å². The Kier molecular flexibility index (Phi) is 5.69. The number of amides is 1. The van der Waals surface area contributed by atoms with Gasteiger partial charge in [-0.15, -0.1) is 0 Å². The molecule has 0 radical (unpaired) electrons. The first-order chi connectivity index (χ1) is 16.1. The molecule has 0 spiro atoms. The highest BCUT2D eigenvalue weighted by Gasteiger charge is 2.42. The zero-order chi connectivity index (χ0) is 22.8. The third-order valence-electron chi connectivity index (χ3n) is 5.92. The molecule has 1 N–H and O–H groups in total. The van der Waals surface area contributed by atoms with E-state index in [1.807, 2.05) is 77.7 Å². The van der Waals surface area contributed by atoms with Crippen molar-refractivity contribution in [3.63, 3.8) is 0 Å². The molecule has 5 nitrogen and oxygen atoms in total. The average molecular weight is 438 g/mol. The van der Waals surface area contributed by atoms with Crippen molar-refractivity contribution < 1.29 is 9.53 Å². The lowest BCUT2D eigenvalue weighted by atomic mass is 9.95. The minimum absolute atomic E-state index is 0.00258. The number of H-pyrrole nitrogens is 1. The van der Waals surface area contributed by atoms with E-state index < -0.39 is 0 Å². The van der Waals surface area contributed by atoms with Gasteiger partial charge < -0.3 is 9.64 Å². The van der Waals surface area contributed by atoms with Crippen LogP contribution in [0.4, 0.5) is 0 Å². The maximum absolute atomic E-state index is 13.3. The predicted octanol–water partition coefficient (Wildman–Crippen LogP) is 5.86. The highest BCUT2D eigenvalue weighted by atomic mass is 16.5. The lowest BCUT2D eigenvalue weighted by Gasteiger charge is -2.28. The summed E-state index contributed by atoms with van der Waals surface area (Å²) in [4.78, 5) is 15.3. The minimum atomic E-state index is -0.188. The zero-order valence-corrected chi connectivity index (χ0v) is 18.9. The van der Waals surface area contributed by atoms with Crippen molar-refractivity contribution in [3.8, 4) is 17.0 Å². The van der Waals surface area contributed by atoms with Crippen molar-refractivity contribution in [2.45, 2.75) is 26.5 Å². The van der Waals surface area contributed by atoms with Crippen molar-refractivity contribution in [3.05, 3.63) is 107 Å². The molecule has 0 saturated carbocycles. The van der Waals surface area contributed by atoms with Gasteiger partial charge in [0.05, 0.1) is 11.7 Å². The number of nitrogens with one attached hydrogen (secondary N) is 1. The van der Waals surface area contributed by atoms with Gasteiger partial charge in [-0.2, -0.15) is 5.10 Å². The summed E-state index contributed by atoms with van der Waals surface area (Å²) in [5.74, 6) is 1.16. The van der Waals surface area contributed by atoms with Crippen LogP contribution in [0.25, 0.3) is 11.3 Å². The number of ether oxygens (including phenoxy) is 1. The quantitative estimate of drug-likeness (QED) is 0.394. The fraction of sp³-hybridized carbons (Fsp3) is 0.214. The van der Waals surface area contributed by atoms with Crippen LogP contribution in [0.1, 0.15) is 47.1 Å². The fourth-order valence-corrected chi connectivity index (χ4v) is 4.43. The van der Waals surface area contributed by atoms with E-state index >= 15 is 0 Å². The number of carbonyl (C=O) groups is 1. The number of aromatic amines is 1. The maximum Gasteiger partial charge on any atom is 0.273 e. The van der Waals surface area contributed by atoms with E-state index in [2.05, 4.69) is 36.2 Å². The lowest BCUT2D eigenvalue weighted by Crippen LogP contribution is -2.32. The van der Waals surface area contributed by atoms with Gasteiger partial charge in [0.1, 0.15) is 18.1 Å². The van der Waals surface area contributed by atoms with Gasteiger partial charge in [0.25, 0.3) is 5.91 Å². The Labute approximate surface area is 194 Å². The van der Waals surface area contributed by atoms with Crippen LogP contribution in [0.3, 0.4) is 0 Å². The van der Waals surface area contributed by atoms with Gasteiger partial charge in [0, 0.05) is 17.7 Å². The molecule has 0 bridgehead atoms. The van der Waals surface area contributed by atoms with E-state index in [9.17, 15) is 4.79 Å². The van der Waals surface area contributed by atoms with Crippen molar-refractivity contribution in [2.75, 3.05) is 6.54 Å². The summed E-state index contributed by atoms with van der Waals surface area (Å²) in [6.07, 6.45) is 0. The highest BCUT2D eigenvalue weighted by molar-refractivity contribution is 6.00. The first-order valence-corrected chi connectivity index (χ1v) is 11.3. The average Bonchev–Trinajstić information content (AvgIpc) is 3.38. The summed E-state index contributed by atoms with van der Waals surface area (Å²) in [5, 5.41) is 7.55. The standard InChI is InChI=1S/C28H27N3O2/c1-19(2)17-31-27(22-13-15-23(16-14-22)33-18-20-9-5-3-6-10-20)24-25(21-11-7-4-8-12-21)29-30-26(24)28(31)32/h3-16,19,27H,17-18H2,1-2H3,(H,29,30). The fourth-order valence-electron chi connectivity index (χ4n) is 4.43. The van der Waals surface area contributed by atoms with E-state index in [0.29, 0.717) is 24.8 Å². The topological polar surface area (TPSA) is 58.2 Å². The maximum atomic E-state index is 13.3. The third kappa shape index (κ3) is 4.14. The Hall–Kier alpha value is -3.86. The van der Waals surface area contributed by atoms with Gasteiger partial charge in [-0.05, 0) is 29.2 Å². The van der Waals surface area contributed by atoms with Crippen molar-refractivity contribution in [1.82, 2.24) is 15.1 Å². The van der Waals surface area contributed by atoms with Crippen LogP contribution >= 0.6 is 0 Å². The van der Waals surface area contributed by atoms with Gasteiger partial charge in [-0.1, -0.05) is 86.6 Å². The molecule has 33 heavy (non-hydrogen) atoms. The molecule has 0 aliphatic carbocycles. The van der Waals surface area contributed by atoms with Gasteiger partial charge in [0.2, 0.25) is 0 Å². The molecule has 0 saturated heterocycles. The van der Waals surface area contributed by atoms with Crippen LogP contribution in [-0.2, 0) is 6.61 Å². The molecule has 4 aromatic rings. The SMILES string of the molecule is CC(C)CN1C(=O)c2[nH]nc(-c3ccccc3)c2C1c1ccc(OCc2ccccc2)cc1. The van der Waals surface area contributed by atoms with Gasteiger partial charge in [-0.25, -0.2) is 0 Å². The number of hydrogen-bond donors (Lipinski definition) is 1. The molecule has 3 aromatic carbocycles. The Morgan fingerprint density at radius 1 is 0.939 bits per heavy atom. The summed E-state index contributed by atoms with van der Waals surface area (Å²) >= 11 is 0. The Bertz CT molecular complexity index is 1230. The second-order valence-corrected chi connectivity index (χ2v) is 8.82. The zero-order valence-electron chi connectivity index (χ0n) is 18.9. The molecule has 1 aromatic heterocycles. The summed E-state index contributed by atoms with van der Waals surface area (Å²) in [5.41, 5.74) is 5.55. The predicted molar refractivity (Wildman–Crippen MR) is 129 cm³/mol. The highest BCUT2D eigenvalue weighted by Crippen LogP contribution is 2.43. The van der Waals surface area contributed by atoms with E-state index in [1.54, 1.807) is 0 Å². The number of hydrogen-bond acceptors (Lipinski definition) is 3. The van der Waals surface area contributed by atoms with Gasteiger partial charge in [0.15, 0.2) is 0 Å². The van der Waals surface area contributed by atoms with E-state index in [-0.39, 0.29) is 11.9 Å². The molecule has 1 unspecified atom stereocenters. The number of aromatic nitrogens is 2. The summed E-state index contributed by atoms with van der Waals surface area (Å²) in [6.45, 7) is 5.46. The number of fused-ring (bicyclic) bond motifs is 1. The Balaban J connectivity index is 1.48. The van der Waals surface area contributed by atoms with Crippen LogP contribution in [0.2, 0.25) is 0 Å². The van der Waals surface area contributed by atoms with Gasteiger partial charge >= 0.3 is 0 Å².